The van der Waals surface area contributed by atoms with Crippen LogP contribution in [-0.2, 0) is 23.7 Å². The monoisotopic (exact) mass is 467 g/mol. The lowest BCUT2D eigenvalue weighted by atomic mass is 9.86. The number of carbonyl (C=O) groups is 1. The molecule has 33 heavy (non-hydrogen) atoms. The second kappa shape index (κ2) is 7.02. The molecule has 1 aliphatic rings. The van der Waals surface area contributed by atoms with Crippen LogP contribution in [0, 0.1) is 11.3 Å². The number of rotatable bonds is 4. The number of nitrogens with one attached hydrogen (secondary N) is 1. The first kappa shape index (κ1) is 22.2. The number of nitriles is 1. The number of halogens is 5. The average molecular weight is 467 g/mol. The molecule has 10 nitrogen and oxygen atoms in total. The molecule has 1 atom stereocenters. The molecule has 1 unspecified atom stereocenters. The zero-order valence-corrected chi connectivity index (χ0v) is 17.0. The van der Waals surface area contributed by atoms with Crippen LogP contribution in [-0.4, -0.2) is 47.7 Å². The van der Waals surface area contributed by atoms with Gasteiger partial charge in [-0.1, -0.05) is 0 Å². The van der Waals surface area contributed by atoms with Gasteiger partial charge in [-0.3, -0.25) is 9.48 Å². The lowest BCUT2D eigenvalue weighted by Gasteiger charge is -2.19. The maximum Gasteiger partial charge on any atom is 0.453 e. The minimum absolute atomic E-state index is 0.0345. The zero-order chi connectivity index (χ0) is 24.3. The lowest BCUT2D eigenvalue weighted by Crippen LogP contribution is -2.36. The third-order valence-electron chi connectivity index (χ3n) is 5.27. The molecule has 0 bridgehead atoms. The Morgan fingerprint density at radius 3 is 2.55 bits per heavy atom. The van der Waals surface area contributed by atoms with Gasteiger partial charge in [0, 0.05) is 19.9 Å². The first-order valence-electron chi connectivity index (χ1n) is 9.32. The van der Waals surface area contributed by atoms with E-state index in [4.69, 9.17) is 5.73 Å². The van der Waals surface area contributed by atoms with Crippen molar-refractivity contribution in [1.29, 1.82) is 5.26 Å². The molecule has 4 rings (SSSR count). The third-order valence-corrected chi connectivity index (χ3v) is 5.27. The summed E-state index contributed by atoms with van der Waals surface area (Å²) < 4.78 is 65.7. The van der Waals surface area contributed by atoms with E-state index in [2.05, 4.69) is 30.4 Å². The Hall–Kier alpha value is -3.96. The summed E-state index contributed by atoms with van der Waals surface area (Å²) >= 11 is 0. The molecule has 15 heteroatoms. The topological polar surface area (TPSA) is 148 Å². The number of hydrogen-bond donors (Lipinski definition) is 2. The molecular weight excluding hydrogens is 453 g/mol. The summed E-state index contributed by atoms with van der Waals surface area (Å²) in [6, 6.07) is 1.86. The zero-order valence-electron chi connectivity index (χ0n) is 17.0. The summed E-state index contributed by atoms with van der Waals surface area (Å²) in [5, 5.41) is 16.1. The summed E-state index contributed by atoms with van der Waals surface area (Å²) in [4.78, 5) is 28.7. The fourth-order valence-electron chi connectivity index (χ4n) is 3.38. The fraction of sp³-hybridized carbons (Fsp3) is 0.389. The van der Waals surface area contributed by atoms with E-state index in [0.717, 1.165) is 0 Å². The number of aromatic nitrogens is 6. The number of hydrogen-bond acceptors (Lipinski definition) is 8. The maximum absolute atomic E-state index is 13.4. The van der Waals surface area contributed by atoms with E-state index in [1.165, 1.54) is 24.9 Å². The maximum atomic E-state index is 13.4. The van der Waals surface area contributed by atoms with Gasteiger partial charge < -0.3 is 11.1 Å². The number of nitrogen functional groups attached to an aromatic ring is 1. The van der Waals surface area contributed by atoms with E-state index in [1.807, 2.05) is 6.07 Å². The van der Waals surface area contributed by atoms with Crippen LogP contribution in [0.1, 0.15) is 24.7 Å². The van der Waals surface area contributed by atoms with Crippen molar-refractivity contribution >= 4 is 28.6 Å². The van der Waals surface area contributed by atoms with Crippen molar-refractivity contribution in [3.05, 3.63) is 17.6 Å². The fourth-order valence-corrected chi connectivity index (χ4v) is 3.38. The normalized spacial score (nSPS) is 18.3. The average Bonchev–Trinajstić information content (AvgIpc) is 3.22. The number of nitrogens with zero attached hydrogens (tertiary/aromatic N) is 7. The van der Waals surface area contributed by atoms with Crippen LogP contribution >= 0.6 is 0 Å². The number of fused-ring (bicyclic) bond motifs is 2. The van der Waals surface area contributed by atoms with Crippen molar-refractivity contribution in [1.82, 2.24) is 29.7 Å². The van der Waals surface area contributed by atoms with Crippen LogP contribution in [0.2, 0.25) is 0 Å². The van der Waals surface area contributed by atoms with Crippen LogP contribution in [0.5, 0.6) is 0 Å². The van der Waals surface area contributed by atoms with Gasteiger partial charge in [0.05, 0.1) is 23.2 Å². The summed E-state index contributed by atoms with van der Waals surface area (Å²) in [5.74, 6) is -6.30. The summed E-state index contributed by atoms with van der Waals surface area (Å²) in [5.41, 5.74) is 4.54. The molecular formula is C18H14F5N9O. The van der Waals surface area contributed by atoms with Crippen LogP contribution in [0.15, 0.2) is 6.20 Å². The molecule has 0 saturated heterocycles. The van der Waals surface area contributed by atoms with Gasteiger partial charge in [-0.2, -0.15) is 32.3 Å². The molecule has 3 N–H and O–H groups in total. The highest BCUT2D eigenvalue weighted by Gasteiger charge is 2.56. The van der Waals surface area contributed by atoms with Gasteiger partial charge in [0.25, 0.3) is 5.91 Å². The smallest absolute Gasteiger partial charge is 0.383 e. The van der Waals surface area contributed by atoms with Crippen molar-refractivity contribution < 1.29 is 26.7 Å². The molecule has 1 amide bonds. The Bertz CT molecular complexity index is 1340. The van der Waals surface area contributed by atoms with Gasteiger partial charge >= 0.3 is 12.1 Å². The molecule has 172 valence electrons. The summed E-state index contributed by atoms with van der Waals surface area (Å²) in [7, 11) is 1.49. The lowest BCUT2D eigenvalue weighted by molar-refractivity contribution is -0.284. The Morgan fingerprint density at radius 2 is 1.91 bits per heavy atom. The quantitative estimate of drug-likeness (QED) is 0.555. The number of carbonyl (C=O) groups excluding carboxylic acids is 1. The van der Waals surface area contributed by atoms with Crippen LogP contribution in [0.4, 0.5) is 33.6 Å². The van der Waals surface area contributed by atoms with Gasteiger partial charge in [-0.05, 0) is 6.92 Å². The minimum Gasteiger partial charge on any atom is -0.383 e. The predicted octanol–water partition coefficient (Wildman–Crippen LogP) is 2.27. The molecule has 4 heterocycles. The first-order valence-corrected chi connectivity index (χ1v) is 9.32. The minimum atomic E-state index is -5.71. The first-order chi connectivity index (χ1) is 15.3. The van der Waals surface area contributed by atoms with Gasteiger partial charge in [0.2, 0.25) is 0 Å². The highest BCUT2D eigenvalue weighted by atomic mass is 19.4. The van der Waals surface area contributed by atoms with E-state index < -0.39 is 36.3 Å². The van der Waals surface area contributed by atoms with Crippen molar-refractivity contribution in [3.8, 4) is 17.6 Å². The van der Waals surface area contributed by atoms with Gasteiger partial charge in [0.1, 0.15) is 23.2 Å². The molecule has 0 saturated carbocycles. The van der Waals surface area contributed by atoms with E-state index in [-0.39, 0.29) is 45.6 Å². The molecule has 1 aliphatic heterocycles. The Balaban J connectivity index is 1.83. The number of anilines is 2. The number of nitrogens with two attached hydrogens (primary N) is 1. The largest absolute Gasteiger partial charge is 0.453 e. The van der Waals surface area contributed by atoms with Crippen molar-refractivity contribution in [2.75, 3.05) is 11.1 Å². The van der Waals surface area contributed by atoms with E-state index >= 15 is 0 Å². The van der Waals surface area contributed by atoms with Crippen LogP contribution in [0.3, 0.4) is 0 Å². The Morgan fingerprint density at radius 1 is 1.21 bits per heavy atom. The van der Waals surface area contributed by atoms with E-state index in [1.54, 1.807) is 0 Å². The standard InChI is InChI=1S/C18H14F5N9O/c1-16(6-24)9-11(25)29-13(30-12(9)31-15(16)33)10-7-5-26-32(2)14(7)28-8(27-10)3-4-17(19,20)18(21,22)23/h5H,3-4H2,1-2H3,(H3,25,29,30,31,33). The molecule has 3 aromatic rings. The predicted molar refractivity (Wildman–Crippen MR) is 103 cm³/mol. The molecule has 3 aromatic heterocycles. The number of alkyl halides is 5. The highest BCUT2D eigenvalue weighted by Crippen LogP contribution is 2.41. The van der Waals surface area contributed by atoms with Gasteiger partial charge in [-0.25, -0.2) is 19.9 Å². The summed E-state index contributed by atoms with van der Waals surface area (Å²) in [6.07, 6.45) is -6.74. The van der Waals surface area contributed by atoms with E-state index in [0.29, 0.717) is 0 Å². The SMILES string of the molecule is Cn1ncc2c(-c3nc(N)c4c(n3)NC(=O)C4(C)C#N)nc(CCC(F)(F)C(F)(F)F)nc21. The van der Waals surface area contributed by atoms with Crippen LogP contribution in [0.25, 0.3) is 22.6 Å². The second-order valence-corrected chi connectivity index (χ2v) is 7.54. The molecule has 0 aliphatic carbocycles. The van der Waals surface area contributed by atoms with E-state index in [9.17, 15) is 32.0 Å². The summed E-state index contributed by atoms with van der Waals surface area (Å²) in [6.45, 7) is 1.34. The highest BCUT2D eigenvalue weighted by molar-refractivity contribution is 6.08. The third kappa shape index (κ3) is 3.38. The van der Waals surface area contributed by atoms with Crippen molar-refractivity contribution in [2.24, 2.45) is 7.05 Å². The number of amides is 1. The van der Waals surface area contributed by atoms with Gasteiger partial charge in [0.15, 0.2) is 16.9 Å². The Kier molecular flexibility index (Phi) is 4.73. The number of aryl methyl sites for hydroxylation is 2. The van der Waals surface area contributed by atoms with Crippen LogP contribution < -0.4 is 11.1 Å². The molecule has 0 fully saturated rings. The molecule has 0 aromatic carbocycles. The van der Waals surface area contributed by atoms with Gasteiger partial charge in [-0.15, -0.1) is 0 Å². The van der Waals surface area contributed by atoms with Crippen molar-refractivity contribution in [2.45, 2.75) is 37.3 Å². The van der Waals surface area contributed by atoms with Crippen molar-refractivity contribution in [3.63, 3.8) is 0 Å². The molecule has 0 radical (unpaired) electrons. The molecule has 0 spiro atoms. The Labute approximate surface area is 181 Å². The second-order valence-electron chi connectivity index (χ2n) is 7.54.